The van der Waals surface area contributed by atoms with Crippen LogP contribution in [-0.4, -0.2) is 31.6 Å². The third-order valence-electron chi connectivity index (χ3n) is 4.13. The number of benzene rings is 1. The molecule has 2 N–H and O–H groups in total. The van der Waals surface area contributed by atoms with Gasteiger partial charge in [-0.05, 0) is 49.9 Å². The maximum atomic E-state index is 5.96. The van der Waals surface area contributed by atoms with E-state index in [1.165, 1.54) is 12.0 Å². The lowest BCUT2D eigenvalue weighted by Gasteiger charge is -2.27. The number of likely N-dealkylation sites (N-methyl/N-ethyl adjacent to an activating group) is 1. The summed E-state index contributed by atoms with van der Waals surface area (Å²) < 4.78 is 5.48. The lowest BCUT2D eigenvalue weighted by Crippen LogP contribution is -2.32. The Kier molecular flexibility index (Phi) is 4.83. The van der Waals surface area contributed by atoms with Crippen LogP contribution in [0.25, 0.3) is 0 Å². The van der Waals surface area contributed by atoms with Crippen molar-refractivity contribution in [3.8, 4) is 5.75 Å². The Morgan fingerprint density at radius 2 is 2.00 bits per heavy atom. The summed E-state index contributed by atoms with van der Waals surface area (Å²) in [5.74, 6) is 2.68. The van der Waals surface area contributed by atoms with Crippen LogP contribution >= 0.6 is 0 Å². The zero-order valence-electron chi connectivity index (χ0n) is 12.3. The number of rotatable bonds is 7. The van der Waals surface area contributed by atoms with E-state index in [2.05, 4.69) is 31.0 Å². The Hall–Kier alpha value is -1.06. The summed E-state index contributed by atoms with van der Waals surface area (Å²) in [6.07, 6.45) is 1.37. The third kappa shape index (κ3) is 3.71. The third-order valence-corrected chi connectivity index (χ3v) is 4.13. The highest BCUT2D eigenvalue weighted by molar-refractivity contribution is 5.29. The first-order valence-electron chi connectivity index (χ1n) is 7.28. The second-order valence-corrected chi connectivity index (χ2v) is 5.67. The number of hydrogen-bond donors (Lipinski definition) is 1. The van der Waals surface area contributed by atoms with Crippen LogP contribution in [0, 0.1) is 11.8 Å². The molecular formula is C16H26N2O. The predicted octanol–water partition coefficient (Wildman–Crippen LogP) is 2.67. The van der Waals surface area contributed by atoms with Crippen LogP contribution in [-0.2, 0) is 0 Å². The fraction of sp³-hybridized carbons (Fsp3) is 0.625. The smallest absolute Gasteiger partial charge is 0.119 e. The summed E-state index contributed by atoms with van der Waals surface area (Å²) >= 11 is 0. The molecule has 0 bridgehead atoms. The van der Waals surface area contributed by atoms with Gasteiger partial charge in [0.1, 0.15) is 5.75 Å². The second kappa shape index (κ2) is 6.40. The zero-order chi connectivity index (χ0) is 13.8. The van der Waals surface area contributed by atoms with Crippen molar-refractivity contribution in [1.29, 1.82) is 0 Å². The summed E-state index contributed by atoms with van der Waals surface area (Å²) in [5, 5.41) is 0. The first-order valence-corrected chi connectivity index (χ1v) is 7.28. The molecule has 106 valence electrons. The highest BCUT2D eigenvalue weighted by Gasteiger charge is 2.34. The first kappa shape index (κ1) is 14.4. The van der Waals surface area contributed by atoms with E-state index in [9.17, 15) is 0 Å². The molecule has 1 aliphatic carbocycles. The molecular weight excluding hydrogens is 236 g/mol. The fourth-order valence-corrected chi connectivity index (χ4v) is 2.67. The lowest BCUT2D eigenvalue weighted by atomic mass is 10.1. The average molecular weight is 262 g/mol. The summed E-state index contributed by atoms with van der Waals surface area (Å²) in [4.78, 5) is 2.39. The van der Waals surface area contributed by atoms with E-state index in [0.717, 1.165) is 24.1 Å². The molecule has 1 aromatic rings. The van der Waals surface area contributed by atoms with Crippen LogP contribution in [0.3, 0.4) is 0 Å². The van der Waals surface area contributed by atoms with E-state index in [0.29, 0.717) is 19.2 Å². The molecule has 19 heavy (non-hydrogen) atoms. The summed E-state index contributed by atoms with van der Waals surface area (Å²) in [6, 6.07) is 8.65. The van der Waals surface area contributed by atoms with Crippen LogP contribution in [0.2, 0.25) is 0 Å². The van der Waals surface area contributed by atoms with Crippen LogP contribution in [0.5, 0.6) is 5.75 Å². The Morgan fingerprint density at radius 3 is 2.47 bits per heavy atom. The van der Waals surface area contributed by atoms with Crippen molar-refractivity contribution < 1.29 is 4.74 Å². The van der Waals surface area contributed by atoms with E-state index in [1.54, 1.807) is 0 Å². The number of ether oxygens (including phenoxy) is 1. The van der Waals surface area contributed by atoms with Crippen molar-refractivity contribution in [3.05, 3.63) is 29.8 Å². The van der Waals surface area contributed by atoms with Crippen molar-refractivity contribution in [2.75, 3.05) is 26.7 Å². The molecule has 3 atom stereocenters. The van der Waals surface area contributed by atoms with Gasteiger partial charge in [-0.15, -0.1) is 0 Å². The molecule has 3 unspecified atom stereocenters. The SMILES string of the molecule is CCOc1ccc(C(CN)N(C)CC2CC2C)cc1. The van der Waals surface area contributed by atoms with E-state index in [-0.39, 0.29) is 0 Å². The van der Waals surface area contributed by atoms with Crippen LogP contribution in [0.1, 0.15) is 31.9 Å². The monoisotopic (exact) mass is 262 g/mol. The van der Waals surface area contributed by atoms with Gasteiger partial charge in [-0.25, -0.2) is 0 Å². The fourth-order valence-electron chi connectivity index (χ4n) is 2.67. The summed E-state index contributed by atoms with van der Waals surface area (Å²) in [7, 11) is 2.18. The molecule has 0 saturated heterocycles. The van der Waals surface area contributed by atoms with E-state index >= 15 is 0 Å². The maximum Gasteiger partial charge on any atom is 0.119 e. The number of nitrogens with zero attached hydrogens (tertiary/aromatic N) is 1. The van der Waals surface area contributed by atoms with Gasteiger partial charge in [-0.2, -0.15) is 0 Å². The predicted molar refractivity (Wildman–Crippen MR) is 79.3 cm³/mol. The standard InChI is InChI=1S/C16H26N2O/c1-4-19-15-7-5-13(6-8-15)16(10-17)18(3)11-14-9-12(14)2/h5-8,12,14,16H,4,9-11,17H2,1-3H3. The molecule has 1 saturated carbocycles. The van der Waals surface area contributed by atoms with Gasteiger partial charge in [0.25, 0.3) is 0 Å². The number of nitrogens with two attached hydrogens (primary N) is 1. The highest BCUT2D eigenvalue weighted by Crippen LogP contribution is 2.39. The van der Waals surface area contributed by atoms with Crippen molar-refractivity contribution in [3.63, 3.8) is 0 Å². The van der Waals surface area contributed by atoms with Crippen molar-refractivity contribution in [2.45, 2.75) is 26.3 Å². The molecule has 1 aromatic carbocycles. The van der Waals surface area contributed by atoms with Gasteiger partial charge in [0.05, 0.1) is 6.61 Å². The average Bonchev–Trinajstić information content (AvgIpc) is 3.08. The van der Waals surface area contributed by atoms with Crippen molar-refractivity contribution in [2.24, 2.45) is 17.6 Å². The summed E-state index contributed by atoms with van der Waals surface area (Å²) in [6.45, 7) is 6.84. The van der Waals surface area contributed by atoms with Gasteiger partial charge in [0.2, 0.25) is 0 Å². The van der Waals surface area contributed by atoms with Gasteiger partial charge in [0.15, 0.2) is 0 Å². The van der Waals surface area contributed by atoms with Gasteiger partial charge in [-0.1, -0.05) is 19.1 Å². The summed E-state index contributed by atoms with van der Waals surface area (Å²) in [5.41, 5.74) is 7.24. The quantitative estimate of drug-likeness (QED) is 0.821. The second-order valence-electron chi connectivity index (χ2n) is 5.67. The van der Waals surface area contributed by atoms with Crippen LogP contribution in [0.15, 0.2) is 24.3 Å². The van der Waals surface area contributed by atoms with Crippen LogP contribution in [0.4, 0.5) is 0 Å². The van der Waals surface area contributed by atoms with E-state index < -0.39 is 0 Å². The normalized spacial score (nSPS) is 23.4. The Morgan fingerprint density at radius 1 is 1.37 bits per heavy atom. The van der Waals surface area contributed by atoms with Crippen molar-refractivity contribution >= 4 is 0 Å². The lowest BCUT2D eigenvalue weighted by molar-refractivity contribution is 0.236. The largest absolute Gasteiger partial charge is 0.494 e. The molecule has 3 nitrogen and oxygen atoms in total. The minimum atomic E-state index is 0.309. The minimum absolute atomic E-state index is 0.309. The maximum absolute atomic E-state index is 5.96. The molecule has 0 amide bonds. The highest BCUT2D eigenvalue weighted by atomic mass is 16.5. The number of hydrogen-bond acceptors (Lipinski definition) is 3. The molecule has 0 aromatic heterocycles. The van der Waals surface area contributed by atoms with Gasteiger partial charge >= 0.3 is 0 Å². The Bertz CT molecular complexity index is 390. The molecule has 1 aliphatic rings. The Labute approximate surface area is 116 Å². The molecule has 2 rings (SSSR count). The minimum Gasteiger partial charge on any atom is -0.494 e. The topological polar surface area (TPSA) is 38.5 Å². The molecule has 0 heterocycles. The molecule has 1 fully saturated rings. The zero-order valence-corrected chi connectivity index (χ0v) is 12.3. The van der Waals surface area contributed by atoms with Gasteiger partial charge in [0, 0.05) is 19.1 Å². The van der Waals surface area contributed by atoms with E-state index in [4.69, 9.17) is 10.5 Å². The van der Waals surface area contributed by atoms with E-state index in [1.807, 2.05) is 19.1 Å². The Balaban J connectivity index is 1.99. The van der Waals surface area contributed by atoms with Crippen LogP contribution < -0.4 is 10.5 Å². The molecule has 0 spiro atoms. The molecule has 0 radical (unpaired) electrons. The molecule has 3 heteroatoms. The van der Waals surface area contributed by atoms with Gasteiger partial charge < -0.3 is 10.5 Å². The molecule has 0 aliphatic heterocycles. The first-order chi connectivity index (χ1) is 9.15. The van der Waals surface area contributed by atoms with Gasteiger partial charge in [-0.3, -0.25) is 4.90 Å². The van der Waals surface area contributed by atoms with Crippen molar-refractivity contribution in [1.82, 2.24) is 4.90 Å².